The van der Waals surface area contributed by atoms with E-state index in [-0.39, 0.29) is 5.82 Å². The van der Waals surface area contributed by atoms with Crippen molar-refractivity contribution in [3.8, 4) is 0 Å². The van der Waals surface area contributed by atoms with Crippen molar-refractivity contribution in [3.05, 3.63) is 35.6 Å². The Morgan fingerprint density at radius 3 is 2.69 bits per heavy atom. The Balaban J connectivity index is 1.96. The number of halogens is 1. The van der Waals surface area contributed by atoms with Crippen LogP contribution >= 0.6 is 0 Å². The maximum absolute atomic E-state index is 13.6. The van der Waals surface area contributed by atoms with Gasteiger partial charge in [0.05, 0.1) is 0 Å². The van der Waals surface area contributed by atoms with E-state index < -0.39 is 0 Å². The number of rotatable bonds is 3. The van der Waals surface area contributed by atoms with Gasteiger partial charge in [-0.25, -0.2) is 4.39 Å². The summed E-state index contributed by atoms with van der Waals surface area (Å²) in [6.45, 7) is 4.38. The molecule has 0 spiro atoms. The van der Waals surface area contributed by atoms with E-state index in [1.165, 1.54) is 12.8 Å². The summed E-state index contributed by atoms with van der Waals surface area (Å²) in [7, 11) is 0. The maximum atomic E-state index is 13.6. The van der Waals surface area contributed by atoms with Crippen molar-refractivity contribution in [1.82, 2.24) is 5.32 Å². The molecule has 1 aliphatic rings. The first-order valence-electron chi connectivity index (χ1n) is 6.22. The minimum atomic E-state index is -0.0519. The minimum absolute atomic E-state index is 0.0519. The zero-order valence-electron chi connectivity index (χ0n) is 9.88. The summed E-state index contributed by atoms with van der Waals surface area (Å²) >= 11 is 0. The van der Waals surface area contributed by atoms with Gasteiger partial charge in [0.15, 0.2) is 0 Å². The summed E-state index contributed by atoms with van der Waals surface area (Å²) < 4.78 is 13.6. The van der Waals surface area contributed by atoms with Crippen LogP contribution < -0.4 is 5.32 Å². The van der Waals surface area contributed by atoms with E-state index in [0.29, 0.717) is 5.92 Å². The van der Waals surface area contributed by atoms with Crippen LogP contribution in [0.3, 0.4) is 0 Å². The van der Waals surface area contributed by atoms with Crippen LogP contribution in [0.2, 0.25) is 0 Å². The Kier molecular flexibility index (Phi) is 3.94. The van der Waals surface area contributed by atoms with Crippen LogP contribution in [-0.4, -0.2) is 13.1 Å². The molecule has 0 radical (unpaired) electrons. The Hall–Kier alpha value is -0.890. The molecule has 2 heteroatoms. The predicted octanol–water partition coefficient (Wildman–Crippen LogP) is 3.32. The Labute approximate surface area is 97.1 Å². The molecular weight excluding hydrogens is 201 g/mol. The fourth-order valence-electron chi connectivity index (χ4n) is 2.62. The molecule has 0 aromatic heterocycles. The second-order valence-electron chi connectivity index (χ2n) is 4.85. The second-order valence-corrected chi connectivity index (χ2v) is 4.85. The number of piperidine rings is 1. The van der Waals surface area contributed by atoms with Crippen molar-refractivity contribution in [2.24, 2.45) is 5.92 Å². The van der Waals surface area contributed by atoms with Crippen LogP contribution in [0.1, 0.15) is 37.7 Å². The van der Waals surface area contributed by atoms with Crippen LogP contribution in [0.15, 0.2) is 24.3 Å². The van der Waals surface area contributed by atoms with E-state index in [1.807, 2.05) is 12.1 Å². The average Bonchev–Trinajstić information content (AvgIpc) is 2.31. The topological polar surface area (TPSA) is 12.0 Å². The van der Waals surface area contributed by atoms with Crippen molar-refractivity contribution < 1.29 is 4.39 Å². The smallest absolute Gasteiger partial charge is 0.126 e. The van der Waals surface area contributed by atoms with Crippen LogP contribution in [0.4, 0.5) is 4.39 Å². The minimum Gasteiger partial charge on any atom is -0.317 e. The lowest BCUT2D eigenvalue weighted by Crippen LogP contribution is -2.28. The van der Waals surface area contributed by atoms with E-state index in [1.54, 1.807) is 12.1 Å². The summed E-state index contributed by atoms with van der Waals surface area (Å²) in [4.78, 5) is 0. The molecule has 0 saturated carbocycles. The molecule has 1 atom stereocenters. The number of nitrogens with one attached hydrogen (secondary N) is 1. The zero-order valence-corrected chi connectivity index (χ0v) is 9.88. The van der Waals surface area contributed by atoms with Gasteiger partial charge in [-0.15, -0.1) is 0 Å². The highest BCUT2D eigenvalue weighted by atomic mass is 19.1. The van der Waals surface area contributed by atoms with Crippen molar-refractivity contribution in [1.29, 1.82) is 0 Å². The quantitative estimate of drug-likeness (QED) is 0.825. The Morgan fingerprint density at radius 1 is 1.31 bits per heavy atom. The summed E-state index contributed by atoms with van der Waals surface area (Å²) in [6, 6.07) is 7.17. The van der Waals surface area contributed by atoms with Crippen LogP contribution in [0.5, 0.6) is 0 Å². The Bertz CT molecular complexity index is 331. The van der Waals surface area contributed by atoms with E-state index in [2.05, 4.69) is 12.2 Å². The summed E-state index contributed by atoms with van der Waals surface area (Å²) in [5.41, 5.74) is 0.876. The maximum Gasteiger partial charge on any atom is 0.126 e. The van der Waals surface area contributed by atoms with Crippen molar-refractivity contribution in [3.63, 3.8) is 0 Å². The van der Waals surface area contributed by atoms with Gasteiger partial charge in [0.25, 0.3) is 0 Å². The van der Waals surface area contributed by atoms with Crippen LogP contribution in [0.25, 0.3) is 0 Å². The zero-order chi connectivity index (χ0) is 11.4. The largest absolute Gasteiger partial charge is 0.317 e. The third kappa shape index (κ3) is 2.82. The molecule has 1 fully saturated rings. The fraction of sp³-hybridized carbons (Fsp3) is 0.571. The summed E-state index contributed by atoms with van der Waals surface area (Å²) in [5, 5.41) is 3.37. The molecule has 88 valence electrons. The summed E-state index contributed by atoms with van der Waals surface area (Å²) in [6.07, 6.45) is 3.58. The number of benzene rings is 1. The number of hydrogen-bond acceptors (Lipinski definition) is 1. The average molecular weight is 221 g/mol. The lowest BCUT2D eigenvalue weighted by molar-refractivity contribution is 0.334. The van der Waals surface area contributed by atoms with Crippen molar-refractivity contribution in [2.75, 3.05) is 13.1 Å². The van der Waals surface area contributed by atoms with Gasteiger partial charge in [-0.2, -0.15) is 0 Å². The van der Waals surface area contributed by atoms with Crippen LogP contribution in [-0.2, 0) is 0 Å². The molecule has 1 aliphatic heterocycles. The normalized spacial score (nSPS) is 19.6. The Morgan fingerprint density at radius 2 is 2.00 bits per heavy atom. The van der Waals surface area contributed by atoms with Gasteiger partial charge in [0.1, 0.15) is 5.82 Å². The second kappa shape index (κ2) is 5.44. The lowest BCUT2D eigenvalue weighted by Gasteiger charge is -2.25. The van der Waals surface area contributed by atoms with Crippen molar-refractivity contribution >= 4 is 0 Å². The molecule has 0 aliphatic carbocycles. The highest BCUT2D eigenvalue weighted by Crippen LogP contribution is 2.29. The highest BCUT2D eigenvalue weighted by molar-refractivity contribution is 5.21. The molecule has 1 unspecified atom stereocenters. The predicted molar refractivity (Wildman–Crippen MR) is 65.0 cm³/mol. The van der Waals surface area contributed by atoms with E-state index in [0.717, 1.165) is 31.0 Å². The molecule has 1 N–H and O–H groups in total. The molecular formula is C14H20FN. The fourth-order valence-corrected chi connectivity index (χ4v) is 2.62. The standard InChI is InChI=1S/C14H20FN/c1-11(10-12-6-8-16-9-7-12)13-4-2-3-5-14(13)15/h2-5,11-12,16H,6-10H2,1H3. The van der Waals surface area contributed by atoms with E-state index in [9.17, 15) is 4.39 Å². The molecule has 1 saturated heterocycles. The molecule has 2 rings (SSSR count). The number of hydrogen-bond donors (Lipinski definition) is 1. The molecule has 1 nitrogen and oxygen atoms in total. The van der Waals surface area contributed by atoms with Gasteiger partial charge < -0.3 is 5.32 Å². The van der Waals surface area contributed by atoms with Gasteiger partial charge in [-0.1, -0.05) is 25.1 Å². The SMILES string of the molecule is CC(CC1CCNCC1)c1ccccc1F. The van der Waals surface area contributed by atoms with Gasteiger partial charge in [-0.05, 0) is 55.8 Å². The first kappa shape index (κ1) is 11.6. The molecule has 0 amide bonds. The molecule has 1 heterocycles. The first-order valence-corrected chi connectivity index (χ1v) is 6.22. The van der Waals surface area contributed by atoms with Crippen molar-refractivity contribution in [2.45, 2.75) is 32.1 Å². The van der Waals surface area contributed by atoms with Gasteiger partial charge >= 0.3 is 0 Å². The highest BCUT2D eigenvalue weighted by Gasteiger charge is 2.18. The van der Waals surface area contributed by atoms with Gasteiger partial charge in [0, 0.05) is 0 Å². The first-order chi connectivity index (χ1) is 7.77. The lowest BCUT2D eigenvalue weighted by atomic mass is 9.85. The monoisotopic (exact) mass is 221 g/mol. The van der Waals surface area contributed by atoms with E-state index in [4.69, 9.17) is 0 Å². The van der Waals surface area contributed by atoms with Gasteiger partial charge in [0.2, 0.25) is 0 Å². The molecule has 0 bridgehead atoms. The van der Waals surface area contributed by atoms with E-state index >= 15 is 0 Å². The summed E-state index contributed by atoms with van der Waals surface area (Å²) in [5.74, 6) is 1.05. The molecule has 1 aromatic carbocycles. The molecule has 16 heavy (non-hydrogen) atoms. The van der Waals surface area contributed by atoms with Gasteiger partial charge in [-0.3, -0.25) is 0 Å². The third-order valence-corrected chi connectivity index (χ3v) is 3.58. The third-order valence-electron chi connectivity index (χ3n) is 3.58. The van der Waals surface area contributed by atoms with Crippen LogP contribution in [0, 0.1) is 11.7 Å². The molecule has 1 aromatic rings.